The molecule has 49 heavy (non-hydrogen) atoms. The molecule has 5 N–H and O–H groups in total. The number of halogens is 3. The van der Waals surface area contributed by atoms with Crippen molar-refractivity contribution in [2.24, 2.45) is 0 Å². The molecular weight excluding hydrogens is 641 g/mol. The van der Waals surface area contributed by atoms with Gasteiger partial charge in [0.05, 0.1) is 48.0 Å². The molecule has 0 radical (unpaired) electrons. The van der Waals surface area contributed by atoms with Crippen LogP contribution in [0.2, 0.25) is 0 Å². The molecule has 4 aliphatic rings. The number of benzene rings is 1. The van der Waals surface area contributed by atoms with Crippen molar-refractivity contribution in [1.29, 1.82) is 10.5 Å². The molecule has 0 saturated carbocycles. The molecule has 16 heteroatoms. The number of nitrogens with one attached hydrogen (secondary N) is 1. The predicted octanol–water partition coefficient (Wildman–Crippen LogP) is 3.51. The van der Waals surface area contributed by atoms with Gasteiger partial charge in [-0.1, -0.05) is 0 Å². The number of nitrogens with zero attached hydrogens (tertiary/aromatic N) is 7. The number of pyridine rings is 1. The van der Waals surface area contributed by atoms with Gasteiger partial charge in [-0.05, 0) is 19.4 Å². The quantitative estimate of drug-likeness (QED) is 0.259. The van der Waals surface area contributed by atoms with Gasteiger partial charge in [-0.2, -0.15) is 20.5 Å². The molecule has 3 aromatic heterocycles. The van der Waals surface area contributed by atoms with Crippen LogP contribution in [0.3, 0.4) is 0 Å². The Kier molecular flexibility index (Phi) is 7.62. The number of hydrogen-bond donors (Lipinski definition) is 3. The molecule has 8 rings (SSSR count). The first kappa shape index (κ1) is 31.4. The van der Waals surface area contributed by atoms with Crippen LogP contribution in [0.15, 0.2) is 10.5 Å². The Bertz CT molecular complexity index is 2080. The van der Waals surface area contributed by atoms with Crippen LogP contribution in [-0.4, -0.2) is 90.1 Å². The largest absolute Gasteiger partial charge is 0.461 e. The number of rotatable bonds is 7. The zero-order chi connectivity index (χ0) is 34.0. The summed E-state index contributed by atoms with van der Waals surface area (Å²) in [5.41, 5.74) is 12.5. The summed E-state index contributed by atoms with van der Waals surface area (Å²) in [6.45, 7) is 3.25. The summed E-state index contributed by atoms with van der Waals surface area (Å²) in [7, 11) is 0. The van der Waals surface area contributed by atoms with Gasteiger partial charge < -0.3 is 35.6 Å². The third kappa shape index (κ3) is 5.05. The highest BCUT2D eigenvalue weighted by Crippen LogP contribution is 2.47. The van der Waals surface area contributed by atoms with Crippen LogP contribution in [0.25, 0.3) is 33.1 Å². The van der Waals surface area contributed by atoms with Crippen molar-refractivity contribution in [3.05, 3.63) is 29.0 Å². The maximum atomic E-state index is 16.1. The molecule has 7 heterocycles. The number of anilines is 3. The van der Waals surface area contributed by atoms with Crippen molar-refractivity contribution in [3.8, 4) is 29.3 Å². The number of ether oxygens (including phenoxy) is 2. The minimum atomic E-state index is -1.26. The van der Waals surface area contributed by atoms with Crippen molar-refractivity contribution in [3.63, 3.8) is 0 Å². The Balaban J connectivity index is 1.35. The molecule has 0 aliphatic carbocycles. The Morgan fingerprint density at radius 3 is 2.69 bits per heavy atom. The van der Waals surface area contributed by atoms with Gasteiger partial charge in [0.25, 0.3) is 0 Å². The summed E-state index contributed by atoms with van der Waals surface area (Å²) >= 11 is 0. The lowest BCUT2D eigenvalue weighted by atomic mass is 9.89. The van der Waals surface area contributed by atoms with E-state index in [-0.39, 0.29) is 89.0 Å². The number of aromatic nitrogens is 3. The number of fused-ring (bicyclic) bond motifs is 3. The molecule has 13 nitrogen and oxygen atoms in total. The zero-order valence-electron chi connectivity index (χ0n) is 26.4. The van der Waals surface area contributed by atoms with Crippen molar-refractivity contribution in [2.75, 3.05) is 68.9 Å². The number of nitriles is 2. The molecule has 0 bridgehead atoms. The first-order valence-corrected chi connectivity index (χ1v) is 16.3. The fraction of sp³-hybridized carbons (Fsp3) is 0.485. The molecule has 0 spiro atoms. The van der Waals surface area contributed by atoms with Crippen LogP contribution in [0.4, 0.5) is 30.6 Å². The Hall–Kier alpha value is -4.90. The topological polar surface area (TPSA) is 188 Å². The minimum Gasteiger partial charge on any atom is -0.461 e. The molecule has 4 saturated heterocycles. The molecule has 4 aliphatic heterocycles. The van der Waals surface area contributed by atoms with E-state index in [0.29, 0.717) is 49.6 Å². The monoisotopic (exact) mass is 674 g/mol. The van der Waals surface area contributed by atoms with Crippen LogP contribution in [-0.2, 0) is 4.74 Å². The van der Waals surface area contributed by atoms with Crippen molar-refractivity contribution >= 4 is 39.4 Å². The van der Waals surface area contributed by atoms with E-state index in [1.165, 1.54) is 0 Å². The van der Waals surface area contributed by atoms with Crippen LogP contribution in [0, 0.1) is 34.3 Å². The fourth-order valence-electron chi connectivity index (χ4n) is 7.87. The number of alkyl halides is 1. The van der Waals surface area contributed by atoms with Gasteiger partial charge >= 0.3 is 6.01 Å². The standard InChI is InChI=1S/C33H33F3N10O3/c34-17-9-33(3-1-6-46(33)11-17)15-48-32-43-28-26(39)24(23-22-19(10-38)30(40)49-21(22)8-20(35)25(23)36)27(16-13-47-14-16)42-29(28)31(44-32)45-7-5-41-18(12-45)2-4-37/h8,16-18,41H,1-3,5-7,9,11-15,40H2,(H2,39,42)/t17-,18+,33+/m1/s1. The van der Waals surface area contributed by atoms with Crippen molar-refractivity contribution in [2.45, 2.75) is 49.4 Å². The molecule has 4 fully saturated rings. The van der Waals surface area contributed by atoms with E-state index in [1.54, 1.807) is 0 Å². The second-order valence-electron chi connectivity index (χ2n) is 13.2. The van der Waals surface area contributed by atoms with Crippen LogP contribution in [0.5, 0.6) is 6.01 Å². The summed E-state index contributed by atoms with van der Waals surface area (Å²) in [6, 6.07) is 4.81. The van der Waals surface area contributed by atoms with E-state index >= 15 is 8.78 Å². The highest BCUT2D eigenvalue weighted by molar-refractivity contribution is 6.08. The second-order valence-corrected chi connectivity index (χ2v) is 13.2. The van der Waals surface area contributed by atoms with Gasteiger partial charge in [0.1, 0.15) is 41.0 Å². The van der Waals surface area contributed by atoms with Crippen LogP contribution < -0.4 is 26.4 Å². The third-order valence-electron chi connectivity index (χ3n) is 10.3. The minimum absolute atomic E-state index is 0.0318. The average molecular weight is 675 g/mol. The molecule has 4 aromatic rings. The van der Waals surface area contributed by atoms with Gasteiger partial charge in [-0.25, -0.2) is 18.2 Å². The van der Waals surface area contributed by atoms with E-state index in [4.69, 9.17) is 40.3 Å². The molecule has 1 aromatic carbocycles. The number of nitrogens with two attached hydrogens (primary N) is 2. The Labute approximate surface area is 278 Å². The van der Waals surface area contributed by atoms with Gasteiger partial charge in [-0.15, -0.1) is 0 Å². The number of piperazine rings is 1. The Morgan fingerprint density at radius 1 is 1.10 bits per heavy atom. The summed E-state index contributed by atoms with van der Waals surface area (Å²) in [4.78, 5) is 18.6. The van der Waals surface area contributed by atoms with Gasteiger partial charge in [-0.3, -0.25) is 4.90 Å². The smallest absolute Gasteiger partial charge is 0.319 e. The summed E-state index contributed by atoms with van der Waals surface area (Å²) < 4.78 is 63.1. The second kappa shape index (κ2) is 11.9. The number of furan rings is 1. The van der Waals surface area contributed by atoms with Gasteiger partial charge in [0.15, 0.2) is 17.5 Å². The summed E-state index contributed by atoms with van der Waals surface area (Å²) in [5, 5.41) is 22.7. The summed E-state index contributed by atoms with van der Waals surface area (Å²) in [5.74, 6) is -2.73. The third-order valence-corrected chi connectivity index (χ3v) is 10.3. The van der Waals surface area contributed by atoms with Crippen molar-refractivity contribution < 1.29 is 27.1 Å². The molecule has 3 atom stereocenters. The highest BCUT2D eigenvalue weighted by Gasteiger charge is 2.49. The average Bonchev–Trinajstić information content (AvgIpc) is 3.69. The first-order valence-electron chi connectivity index (χ1n) is 16.3. The van der Waals surface area contributed by atoms with Gasteiger partial charge in [0, 0.05) is 61.8 Å². The SMILES string of the molecule is N#CC[C@H]1CN(c2nc(OC[C@@]34CCCN3C[C@H](F)C4)nc3c(N)c(-c4c(F)c(F)cc5oc(N)c(C#N)c45)c(C4COC4)nc23)CCN1. The Morgan fingerprint density at radius 2 is 1.94 bits per heavy atom. The highest BCUT2D eigenvalue weighted by atomic mass is 19.2. The lowest BCUT2D eigenvalue weighted by Crippen LogP contribution is -2.51. The van der Waals surface area contributed by atoms with Crippen LogP contribution >= 0.6 is 0 Å². The fourth-order valence-corrected chi connectivity index (χ4v) is 7.87. The normalized spacial score (nSPS) is 24.2. The van der Waals surface area contributed by atoms with Crippen molar-refractivity contribution in [1.82, 2.24) is 25.2 Å². The van der Waals surface area contributed by atoms with Gasteiger partial charge in [0.2, 0.25) is 5.88 Å². The maximum absolute atomic E-state index is 16.1. The van der Waals surface area contributed by atoms with Crippen LogP contribution in [0.1, 0.15) is 42.9 Å². The molecule has 0 amide bonds. The zero-order valence-corrected chi connectivity index (χ0v) is 26.4. The number of hydrogen-bond acceptors (Lipinski definition) is 13. The summed E-state index contributed by atoms with van der Waals surface area (Å²) in [6.07, 6.45) is 1.34. The molecule has 254 valence electrons. The van der Waals surface area contributed by atoms with E-state index < -0.39 is 23.3 Å². The van der Waals surface area contributed by atoms with E-state index in [0.717, 1.165) is 25.5 Å². The molecular formula is C33H33F3N10O3. The maximum Gasteiger partial charge on any atom is 0.319 e. The predicted molar refractivity (Wildman–Crippen MR) is 172 cm³/mol. The van der Waals surface area contributed by atoms with E-state index in [9.17, 15) is 14.9 Å². The number of nitrogen functional groups attached to an aromatic ring is 2. The van der Waals surface area contributed by atoms with E-state index in [2.05, 4.69) is 16.3 Å². The molecule has 0 unspecified atom stereocenters. The lowest BCUT2D eigenvalue weighted by Gasteiger charge is -2.35. The first-order chi connectivity index (χ1) is 23.7. The van der Waals surface area contributed by atoms with E-state index in [1.807, 2.05) is 11.0 Å². The lowest BCUT2D eigenvalue weighted by molar-refractivity contribution is 0.00709.